The van der Waals surface area contributed by atoms with Crippen molar-refractivity contribution in [3.63, 3.8) is 0 Å². The van der Waals surface area contributed by atoms with Crippen molar-refractivity contribution in [2.75, 3.05) is 26.4 Å². The Bertz CT molecular complexity index is 2500. The molecule has 0 radical (unpaired) electrons. The van der Waals surface area contributed by atoms with E-state index in [0.29, 0.717) is 59.1 Å². The molecule has 7 rings (SSSR count). The third-order valence-electron chi connectivity index (χ3n) is 10.2. The van der Waals surface area contributed by atoms with E-state index in [2.05, 4.69) is 0 Å². The normalized spacial score (nSPS) is 11.8. The van der Waals surface area contributed by atoms with Gasteiger partial charge in [0.05, 0.1) is 35.5 Å². The monoisotopic (exact) mass is 838 g/mol. The van der Waals surface area contributed by atoms with Gasteiger partial charge in [0, 0.05) is 44.9 Å². The minimum Gasteiger partial charge on any atom is -0.462 e. The lowest BCUT2D eigenvalue weighted by Crippen LogP contribution is -2.22. The molecule has 0 heterocycles. The van der Waals surface area contributed by atoms with E-state index in [1.807, 2.05) is 48.5 Å². The van der Waals surface area contributed by atoms with Crippen molar-refractivity contribution in [2.45, 2.75) is 61.2 Å². The second kappa shape index (κ2) is 20.8. The molecule has 312 valence electrons. The number of carbonyl (C=O) groups excluding carboxylic acids is 4. The number of esters is 2. The third-order valence-corrected chi connectivity index (χ3v) is 11.2. The van der Waals surface area contributed by atoms with Gasteiger partial charge in [-0.25, -0.2) is 9.59 Å². The first-order valence-electron chi connectivity index (χ1n) is 20.5. The molecule has 1 aliphatic carbocycles. The fraction of sp³-hybridized carbons (Fsp3) is 0.240. The Balaban J connectivity index is 1.26. The summed E-state index contributed by atoms with van der Waals surface area (Å²) in [5.74, 6) is -0.812. The fourth-order valence-electron chi connectivity index (χ4n) is 7.07. The van der Waals surface area contributed by atoms with Gasteiger partial charge in [0.1, 0.15) is 23.0 Å². The molecule has 6 aromatic carbocycles. The van der Waals surface area contributed by atoms with Crippen molar-refractivity contribution in [1.82, 2.24) is 0 Å². The Morgan fingerprint density at radius 2 is 0.934 bits per heavy atom. The van der Waals surface area contributed by atoms with Crippen molar-refractivity contribution in [1.29, 1.82) is 0 Å². The number of hydrogen-bond donors (Lipinski definition) is 2. The van der Waals surface area contributed by atoms with Crippen LogP contribution in [0.3, 0.4) is 0 Å². The Kier molecular flexibility index (Phi) is 14.6. The maximum Gasteiger partial charge on any atom is 0.338 e. The summed E-state index contributed by atoms with van der Waals surface area (Å²) < 4.78 is 24.1. The molecule has 0 unspecified atom stereocenters. The van der Waals surface area contributed by atoms with Crippen LogP contribution in [0.5, 0.6) is 23.0 Å². The predicted octanol–water partition coefficient (Wildman–Crippen LogP) is 10.8. The van der Waals surface area contributed by atoms with Crippen LogP contribution in [0.25, 0.3) is 10.8 Å². The number of aliphatic hydroxyl groups is 2. The van der Waals surface area contributed by atoms with Crippen LogP contribution in [0.1, 0.15) is 104 Å². The van der Waals surface area contributed by atoms with Crippen molar-refractivity contribution >= 4 is 46.0 Å². The quantitative estimate of drug-likeness (QED) is 0.0559. The van der Waals surface area contributed by atoms with Crippen LogP contribution in [0, 0.1) is 0 Å². The summed E-state index contributed by atoms with van der Waals surface area (Å²) in [5, 5.41) is 19.0. The number of aliphatic hydroxyl groups excluding tert-OH is 2. The third kappa shape index (κ3) is 10.4. The van der Waals surface area contributed by atoms with Gasteiger partial charge in [-0.3, -0.25) is 9.59 Å². The van der Waals surface area contributed by atoms with E-state index in [0.717, 1.165) is 35.5 Å². The van der Waals surface area contributed by atoms with E-state index >= 15 is 0 Å². The van der Waals surface area contributed by atoms with Crippen LogP contribution in [0.2, 0.25) is 0 Å². The SMILES string of the molecule is O=C(OCCCCCCO)c1ccc(Oc2c3c(c(Oc4ccc(C(=O)OCCCCCCO)cc4)c4cc(Sc5ccccc5)ccc24)C(=O)c2ccccc2C3=O)cc1. The van der Waals surface area contributed by atoms with Gasteiger partial charge in [-0.2, -0.15) is 0 Å². The van der Waals surface area contributed by atoms with Crippen LogP contribution < -0.4 is 9.47 Å². The smallest absolute Gasteiger partial charge is 0.338 e. The van der Waals surface area contributed by atoms with Crippen LogP contribution in [0.15, 0.2) is 131 Å². The highest BCUT2D eigenvalue weighted by Gasteiger charge is 2.38. The minimum absolute atomic E-state index is 0.0388. The maximum absolute atomic E-state index is 14.7. The highest BCUT2D eigenvalue weighted by Crippen LogP contribution is 2.49. The molecule has 1 aliphatic rings. The highest BCUT2D eigenvalue weighted by molar-refractivity contribution is 7.99. The number of rotatable bonds is 20. The van der Waals surface area contributed by atoms with Gasteiger partial charge in [0.25, 0.3) is 0 Å². The Morgan fingerprint density at radius 3 is 1.43 bits per heavy atom. The van der Waals surface area contributed by atoms with E-state index in [1.54, 1.807) is 72.8 Å². The van der Waals surface area contributed by atoms with Crippen molar-refractivity contribution < 1.29 is 48.3 Å². The lowest BCUT2D eigenvalue weighted by atomic mass is 9.81. The Hall–Kier alpha value is -6.27. The summed E-state index contributed by atoms with van der Waals surface area (Å²) in [6, 6.07) is 35.0. The number of benzene rings is 6. The molecule has 0 aliphatic heterocycles. The molecule has 2 N–H and O–H groups in total. The van der Waals surface area contributed by atoms with Gasteiger partial charge in [0.15, 0.2) is 11.6 Å². The van der Waals surface area contributed by atoms with Gasteiger partial charge in [0.2, 0.25) is 0 Å². The minimum atomic E-state index is -0.478. The number of hydrogen-bond acceptors (Lipinski definition) is 11. The molecule has 0 amide bonds. The van der Waals surface area contributed by atoms with Gasteiger partial charge < -0.3 is 29.2 Å². The summed E-state index contributed by atoms with van der Waals surface area (Å²) in [4.78, 5) is 56.8. The summed E-state index contributed by atoms with van der Waals surface area (Å²) in [5.41, 5.74) is 1.20. The average molecular weight is 839 g/mol. The lowest BCUT2D eigenvalue weighted by Gasteiger charge is -2.25. The molecule has 0 saturated heterocycles. The molecule has 0 bridgehead atoms. The first kappa shape index (κ1) is 42.8. The van der Waals surface area contributed by atoms with Gasteiger partial charge in [-0.05, 0) is 117 Å². The largest absolute Gasteiger partial charge is 0.462 e. The zero-order valence-electron chi connectivity index (χ0n) is 33.6. The van der Waals surface area contributed by atoms with E-state index in [4.69, 9.17) is 29.2 Å². The highest BCUT2D eigenvalue weighted by atomic mass is 32.2. The molecule has 0 spiro atoms. The summed E-state index contributed by atoms with van der Waals surface area (Å²) >= 11 is 1.52. The van der Waals surface area contributed by atoms with E-state index in [-0.39, 0.29) is 60.2 Å². The number of carbonyl (C=O) groups is 4. The summed E-state index contributed by atoms with van der Waals surface area (Å²) in [7, 11) is 0. The summed E-state index contributed by atoms with van der Waals surface area (Å²) in [6.45, 7) is 0.808. The Labute approximate surface area is 358 Å². The zero-order valence-corrected chi connectivity index (χ0v) is 34.4. The topological polar surface area (TPSA) is 146 Å². The van der Waals surface area contributed by atoms with Crippen LogP contribution in [-0.2, 0) is 9.47 Å². The summed E-state index contributed by atoms with van der Waals surface area (Å²) in [6.07, 6.45) is 6.22. The molecule has 0 aromatic heterocycles. The molecule has 11 heteroatoms. The van der Waals surface area contributed by atoms with E-state index < -0.39 is 23.5 Å². The van der Waals surface area contributed by atoms with Crippen LogP contribution in [0.4, 0.5) is 0 Å². The first-order chi connectivity index (χ1) is 29.9. The van der Waals surface area contributed by atoms with Crippen molar-refractivity contribution in [3.8, 4) is 23.0 Å². The fourth-order valence-corrected chi connectivity index (χ4v) is 7.95. The number of ketones is 2. The average Bonchev–Trinajstić information content (AvgIpc) is 3.29. The molecular weight excluding hydrogens is 793 g/mol. The first-order valence-corrected chi connectivity index (χ1v) is 21.3. The van der Waals surface area contributed by atoms with Gasteiger partial charge in [-0.1, -0.05) is 67.1 Å². The van der Waals surface area contributed by atoms with E-state index in [1.165, 1.54) is 11.8 Å². The van der Waals surface area contributed by atoms with E-state index in [9.17, 15) is 19.2 Å². The number of unbranched alkanes of at least 4 members (excludes halogenated alkanes) is 6. The zero-order chi connectivity index (χ0) is 42.6. The second-order valence-electron chi connectivity index (χ2n) is 14.5. The molecule has 10 nitrogen and oxygen atoms in total. The second-order valence-corrected chi connectivity index (χ2v) is 15.7. The van der Waals surface area contributed by atoms with Gasteiger partial charge in [-0.15, -0.1) is 0 Å². The van der Waals surface area contributed by atoms with Crippen LogP contribution >= 0.6 is 11.8 Å². The van der Waals surface area contributed by atoms with Crippen molar-refractivity contribution in [3.05, 3.63) is 155 Å². The lowest BCUT2D eigenvalue weighted by molar-refractivity contribution is 0.0488. The molecule has 0 saturated carbocycles. The van der Waals surface area contributed by atoms with Crippen LogP contribution in [-0.4, -0.2) is 60.1 Å². The molecule has 6 aromatic rings. The molecule has 0 atom stereocenters. The standard InChI is InChI=1S/C50H46O10S/c51-28-10-1-3-12-30-57-49(55)33-18-22-35(23-19-33)59-47-41-27-26-38(61-37-14-6-5-7-15-37)32-42(41)48(44-43(47)45(53)39-16-8-9-17-40(39)46(44)54)60-36-24-20-34(21-25-36)50(56)58-31-13-4-2-11-29-52/h5-9,14-27,32,51-52H,1-4,10-13,28-31H2. The predicted molar refractivity (Wildman–Crippen MR) is 233 cm³/mol. The number of ether oxygens (including phenoxy) is 4. The maximum atomic E-state index is 14.7. The van der Waals surface area contributed by atoms with Gasteiger partial charge >= 0.3 is 11.9 Å². The van der Waals surface area contributed by atoms with Crippen molar-refractivity contribution in [2.24, 2.45) is 0 Å². The number of fused-ring (bicyclic) bond motifs is 3. The molecular formula is C50H46O10S. The Morgan fingerprint density at radius 1 is 0.475 bits per heavy atom. The molecule has 0 fully saturated rings. The molecule has 61 heavy (non-hydrogen) atoms.